The number of para-hydroxylation sites is 1. The van der Waals surface area contributed by atoms with Gasteiger partial charge in [-0.2, -0.15) is 0 Å². The molecular weight excluding hydrogens is 148 g/mol. The highest BCUT2D eigenvalue weighted by molar-refractivity contribution is 5.83. The number of benzene rings is 1. The Bertz CT molecular complexity index is 421. The van der Waals surface area contributed by atoms with Crippen molar-refractivity contribution in [3.05, 3.63) is 42.1 Å². The second kappa shape index (κ2) is 2.74. The molecule has 0 spiro atoms. The number of rotatable bonds is 1. The van der Waals surface area contributed by atoms with Gasteiger partial charge in [-0.15, -0.1) is 0 Å². The smallest absolute Gasteiger partial charge is 0.0812 e. The van der Waals surface area contributed by atoms with Crippen molar-refractivity contribution in [1.82, 2.24) is 4.98 Å². The molecule has 2 heteroatoms. The van der Waals surface area contributed by atoms with Gasteiger partial charge in [0, 0.05) is 11.6 Å². The number of hydrogen-bond acceptors (Lipinski definition) is 2. The van der Waals surface area contributed by atoms with E-state index in [1.54, 1.807) is 0 Å². The van der Waals surface area contributed by atoms with Gasteiger partial charge >= 0.3 is 0 Å². The maximum Gasteiger partial charge on any atom is 0.0812 e. The minimum Gasteiger partial charge on any atom is -0.307 e. The van der Waals surface area contributed by atoms with Gasteiger partial charge in [0.25, 0.3) is 0 Å². The highest BCUT2D eigenvalue weighted by Gasteiger charge is 1.93. The maximum atomic E-state index is 7.03. The Labute approximate surface area is 70.4 Å². The number of hydrogen-bond donors (Lipinski definition) is 1. The fourth-order valence-electron chi connectivity index (χ4n) is 1.16. The molecule has 0 radical (unpaired) electrons. The summed E-state index contributed by atoms with van der Waals surface area (Å²) in [6.45, 7) is 0. The van der Waals surface area contributed by atoms with Gasteiger partial charge in [0.05, 0.1) is 11.2 Å². The van der Waals surface area contributed by atoms with Gasteiger partial charge in [-0.1, -0.05) is 24.3 Å². The summed E-state index contributed by atoms with van der Waals surface area (Å²) in [5, 5.41) is 8.15. The van der Waals surface area contributed by atoms with Gasteiger partial charge in [-0.3, -0.25) is 0 Å². The molecule has 0 bridgehead atoms. The molecule has 0 aliphatic carbocycles. The lowest BCUT2D eigenvalue weighted by Crippen LogP contribution is -1.86. The van der Waals surface area contributed by atoms with Gasteiger partial charge in [0.2, 0.25) is 0 Å². The van der Waals surface area contributed by atoms with Crippen molar-refractivity contribution in [3.8, 4) is 0 Å². The maximum absolute atomic E-state index is 7.03. The first-order valence-corrected chi connectivity index (χ1v) is 3.76. The number of nitrogens with one attached hydrogen (secondary N) is 1. The largest absolute Gasteiger partial charge is 0.307 e. The van der Waals surface area contributed by atoms with Gasteiger partial charge < -0.3 is 5.41 Å². The Hall–Kier alpha value is -1.70. The predicted molar refractivity (Wildman–Crippen MR) is 49.6 cm³/mol. The third-order valence-corrected chi connectivity index (χ3v) is 1.77. The van der Waals surface area contributed by atoms with Gasteiger partial charge in [0.15, 0.2) is 0 Å². The number of nitrogens with zero attached hydrogens (tertiary/aromatic N) is 1. The molecule has 0 saturated heterocycles. The van der Waals surface area contributed by atoms with Crippen molar-refractivity contribution in [2.24, 2.45) is 0 Å². The standard InChI is InChI=1S/C10H8N2/c11-7-9-6-5-8-3-1-2-4-10(8)12-9/h1-7,11H. The van der Waals surface area contributed by atoms with Crippen LogP contribution in [0.1, 0.15) is 5.69 Å². The fourth-order valence-corrected chi connectivity index (χ4v) is 1.16. The Kier molecular flexibility index (Phi) is 1.59. The average molecular weight is 156 g/mol. The van der Waals surface area contributed by atoms with Crippen molar-refractivity contribution in [2.45, 2.75) is 0 Å². The highest BCUT2D eigenvalue weighted by Crippen LogP contribution is 2.10. The second-order valence-corrected chi connectivity index (χ2v) is 2.57. The van der Waals surface area contributed by atoms with Crippen LogP contribution in [0, 0.1) is 5.41 Å². The Morgan fingerprint density at radius 1 is 1.08 bits per heavy atom. The van der Waals surface area contributed by atoms with E-state index in [0.29, 0.717) is 5.69 Å². The molecule has 1 aromatic carbocycles. The van der Waals surface area contributed by atoms with E-state index in [9.17, 15) is 0 Å². The van der Waals surface area contributed by atoms with Crippen LogP contribution >= 0.6 is 0 Å². The summed E-state index contributed by atoms with van der Waals surface area (Å²) in [4.78, 5) is 4.25. The monoisotopic (exact) mass is 156 g/mol. The molecule has 0 atom stereocenters. The SMILES string of the molecule is N=Cc1ccc2ccccc2n1. The molecule has 0 amide bonds. The van der Waals surface area contributed by atoms with Crippen LogP contribution in [0.15, 0.2) is 36.4 Å². The van der Waals surface area contributed by atoms with E-state index in [1.165, 1.54) is 6.21 Å². The molecule has 12 heavy (non-hydrogen) atoms. The number of pyridine rings is 1. The van der Waals surface area contributed by atoms with Gasteiger partial charge in [-0.05, 0) is 12.1 Å². The van der Waals surface area contributed by atoms with Crippen LogP contribution in [-0.2, 0) is 0 Å². The van der Waals surface area contributed by atoms with Crippen LogP contribution in [0.25, 0.3) is 10.9 Å². The Morgan fingerprint density at radius 2 is 1.92 bits per heavy atom. The molecule has 0 fully saturated rings. The third kappa shape index (κ3) is 1.07. The second-order valence-electron chi connectivity index (χ2n) is 2.57. The number of aromatic nitrogens is 1. The third-order valence-electron chi connectivity index (χ3n) is 1.77. The van der Waals surface area contributed by atoms with E-state index in [1.807, 2.05) is 36.4 Å². The van der Waals surface area contributed by atoms with E-state index in [4.69, 9.17) is 5.41 Å². The van der Waals surface area contributed by atoms with Crippen molar-refractivity contribution >= 4 is 17.1 Å². The fraction of sp³-hybridized carbons (Fsp3) is 0. The summed E-state index contributed by atoms with van der Waals surface area (Å²) in [6.07, 6.45) is 1.26. The highest BCUT2D eigenvalue weighted by atomic mass is 14.7. The summed E-state index contributed by atoms with van der Waals surface area (Å²) >= 11 is 0. The van der Waals surface area contributed by atoms with Crippen LogP contribution < -0.4 is 0 Å². The van der Waals surface area contributed by atoms with E-state index < -0.39 is 0 Å². The molecule has 1 heterocycles. The minimum absolute atomic E-state index is 0.703. The molecule has 2 rings (SSSR count). The van der Waals surface area contributed by atoms with E-state index in [2.05, 4.69) is 4.98 Å². The molecule has 0 unspecified atom stereocenters. The lowest BCUT2D eigenvalue weighted by Gasteiger charge is -1.96. The van der Waals surface area contributed by atoms with Gasteiger partial charge in [-0.25, -0.2) is 4.98 Å². The zero-order valence-corrected chi connectivity index (χ0v) is 6.49. The number of fused-ring (bicyclic) bond motifs is 1. The van der Waals surface area contributed by atoms with Crippen molar-refractivity contribution in [3.63, 3.8) is 0 Å². The van der Waals surface area contributed by atoms with Gasteiger partial charge in [0.1, 0.15) is 0 Å². The molecular formula is C10H8N2. The zero-order valence-electron chi connectivity index (χ0n) is 6.49. The van der Waals surface area contributed by atoms with Crippen LogP contribution in [0.5, 0.6) is 0 Å². The molecule has 0 saturated carbocycles. The molecule has 0 aliphatic heterocycles. The zero-order chi connectivity index (χ0) is 8.39. The summed E-state index contributed by atoms with van der Waals surface area (Å²) in [7, 11) is 0. The molecule has 1 N–H and O–H groups in total. The summed E-state index contributed by atoms with van der Waals surface area (Å²) in [5.74, 6) is 0. The molecule has 2 aromatic rings. The Morgan fingerprint density at radius 3 is 2.75 bits per heavy atom. The lowest BCUT2D eigenvalue weighted by molar-refractivity contribution is 1.36. The quantitative estimate of drug-likeness (QED) is 0.631. The first-order valence-electron chi connectivity index (χ1n) is 3.76. The summed E-state index contributed by atoms with van der Waals surface area (Å²) in [5.41, 5.74) is 1.65. The summed E-state index contributed by atoms with van der Waals surface area (Å²) in [6, 6.07) is 11.7. The Balaban J connectivity index is 2.75. The first kappa shape index (κ1) is 6.98. The van der Waals surface area contributed by atoms with Crippen molar-refractivity contribution < 1.29 is 0 Å². The van der Waals surface area contributed by atoms with Crippen LogP contribution in [-0.4, -0.2) is 11.2 Å². The molecule has 0 aliphatic rings. The van der Waals surface area contributed by atoms with Crippen LogP contribution in [0.4, 0.5) is 0 Å². The van der Waals surface area contributed by atoms with E-state index in [-0.39, 0.29) is 0 Å². The molecule has 2 nitrogen and oxygen atoms in total. The van der Waals surface area contributed by atoms with E-state index >= 15 is 0 Å². The first-order chi connectivity index (χ1) is 5.90. The van der Waals surface area contributed by atoms with Crippen molar-refractivity contribution in [1.29, 1.82) is 5.41 Å². The molecule has 1 aromatic heterocycles. The van der Waals surface area contributed by atoms with Crippen molar-refractivity contribution in [2.75, 3.05) is 0 Å². The minimum atomic E-state index is 0.703. The molecule has 58 valence electrons. The van der Waals surface area contributed by atoms with E-state index in [0.717, 1.165) is 10.9 Å². The summed E-state index contributed by atoms with van der Waals surface area (Å²) < 4.78 is 0. The lowest BCUT2D eigenvalue weighted by atomic mass is 10.2. The predicted octanol–water partition coefficient (Wildman–Crippen LogP) is 2.23. The normalized spacial score (nSPS) is 10.0. The van der Waals surface area contributed by atoms with Crippen LogP contribution in [0.3, 0.4) is 0 Å². The average Bonchev–Trinajstić information content (AvgIpc) is 2.17. The topological polar surface area (TPSA) is 36.7 Å². The van der Waals surface area contributed by atoms with Crippen LogP contribution in [0.2, 0.25) is 0 Å².